The van der Waals surface area contributed by atoms with Crippen molar-refractivity contribution in [2.75, 3.05) is 0 Å². The van der Waals surface area contributed by atoms with E-state index in [1.165, 1.54) is 66.1 Å². The third kappa shape index (κ3) is 4.21. The minimum absolute atomic E-state index is 1.10. The molecule has 7 aromatic rings. The van der Waals surface area contributed by atoms with Gasteiger partial charge in [-0.1, -0.05) is 158 Å². The predicted molar refractivity (Wildman–Crippen MR) is 167 cm³/mol. The minimum Gasteiger partial charge on any atom is -0.0622 e. The van der Waals surface area contributed by atoms with Crippen molar-refractivity contribution in [1.29, 1.82) is 0 Å². The van der Waals surface area contributed by atoms with E-state index in [4.69, 9.17) is 0 Å². The predicted octanol–water partition coefficient (Wildman–Crippen LogP) is 10.6. The van der Waals surface area contributed by atoms with Crippen LogP contribution in [0.2, 0.25) is 0 Å². The van der Waals surface area contributed by atoms with Crippen LogP contribution in [-0.4, -0.2) is 0 Å². The first-order valence-electron chi connectivity index (χ1n) is 13.6. The second-order valence-corrected chi connectivity index (χ2v) is 10.1. The van der Waals surface area contributed by atoms with E-state index in [1.54, 1.807) is 0 Å². The van der Waals surface area contributed by atoms with Gasteiger partial charge in [0.15, 0.2) is 0 Å². The lowest BCUT2D eigenvalue weighted by Gasteiger charge is -2.17. The average Bonchev–Trinajstić information content (AvgIpc) is 3.40. The van der Waals surface area contributed by atoms with Crippen LogP contribution in [0.3, 0.4) is 0 Å². The summed E-state index contributed by atoms with van der Waals surface area (Å²) in [4.78, 5) is 0. The fourth-order valence-corrected chi connectivity index (χ4v) is 6.04. The molecule has 0 heteroatoms. The first kappa shape index (κ1) is 23.2. The lowest BCUT2D eigenvalue weighted by atomic mass is 9.86. The number of hydrogen-bond acceptors (Lipinski definition) is 0. The van der Waals surface area contributed by atoms with Gasteiger partial charge in [0.05, 0.1) is 0 Å². The summed E-state index contributed by atoms with van der Waals surface area (Å²) in [6, 6.07) is 56.3. The van der Waals surface area contributed by atoms with Gasteiger partial charge in [0.1, 0.15) is 0 Å². The SMILES string of the molecule is c1ccc(-c2c3ccccc3c(-c3ccccc3)c3ccccc23)cc1.c1ccc2c(c1)Cc1ccccc1-2. The molecule has 8 rings (SSSR count). The van der Waals surface area contributed by atoms with Crippen molar-refractivity contribution < 1.29 is 0 Å². The van der Waals surface area contributed by atoms with E-state index in [2.05, 4.69) is 158 Å². The fraction of sp³-hybridized carbons (Fsp3) is 0.0256. The van der Waals surface area contributed by atoms with Gasteiger partial charge in [-0.05, 0) is 72.5 Å². The number of benzene rings is 7. The topological polar surface area (TPSA) is 0 Å². The Morgan fingerprint density at radius 1 is 0.282 bits per heavy atom. The van der Waals surface area contributed by atoms with E-state index in [1.807, 2.05) is 0 Å². The van der Waals surface area contributed by atoms with Gasteiger partial charge >= 0.3 is 0 Å². The molecule has 0 saturated carbocycles. The first-order valence-corrected chi connectivity index (χ1v) is 13.6. The molecular weight excluding hydrogens is 468 g/mol. The van der Waals surface area contributed by atoms with Crippen molar-refractivity contribution in [2.45, 2.75) is 6.42 Å². The molecule has 0 heterocycles. The highest BCUT2D eigenvalue weighted by molar-refractivity contribution is 6.21. The lowest BCUT2D eigenvalue weighted by molar-refractivity contribution is 1.26. The van der Waals surface area contributed by atoms with Crippen molar-refractivity contribution >= 4 is 21.5 Å². The van der Waals surface area contributed by atoms with E-state index in [-0.39, 0.29) is 0 Å². The molecule has 0 saturated heterocycles. The average molecular weight is 497 g/mol. The summed E-state index contributed by atoms with van der Waals surface area (Å²) in [5, 5.41) is 5.21. The van der Waals surface area contributed by atoms with Crippen LogP contribution in [-0.2, 0) is 6.42 Å². The number of hydrogen-bond donors (Lipinski definition) is 0. The molecule has 0 atom stereocenters. The van der Waals surface area contributed by atoms with E-state index < -0.39 is 0 Å². The van der Waals surface area contributed by atoms with Crippen LogP contribution in [0.15, 0.2) is 158 Å². The van der Waals surface area contributed by atoms with Gasteiger partial charge in [-0.3, -0.25) is 0 Å². The maximum Gasteiger partial charge on any atom is -0.00135 e. The summed E-state index contributed by atoms with van der Waals surface area (Å²) in [5.41, 5.74) is 10.9. The van der Waals surface area contributed by atoms with E-state index in [9.17, 15) is 0 Å². The van der Waals surface area contributed by atoms with Crippen molar-refractivity contribution in [3.8, 4) is 33.4 Å². The molecule has 39 heavy (non-hydrogen) atoms. The maximum atomic E-state index is 2.25. The quantitative estimate of drug-likeness (QED) is 0.209. The van der Waals surface area contributed by atoms with E-state index in [0.29, 0.717) is 0 Å². The molecule has 0 amide bonds. The monoisotopic (exact) mass is 496 g/mol. The molecule has 0 aromatic heterocycles. The minimum atomic E-state index is 1.10. The summed E-state index contributed by atoms with van der Waals surface area (Å²) in [6.45, 7) is 0. The van der Waals surface area contributed by atoms with Gasteiger partial charge in [-0.25, -0.2) is 0 Å². The molecule has 0 N–H and O–H groups in total. The Kier molecular flexibility index (Phi) is 6.00. The highest BCUT2D eigenvalue weighted by Gasteiger charge is 2.17. The summed E-state index contributed by atoms with van der Waals surface area (Å²) in [6.07, 6.45) is 1.10. The second kappa shape index (κ2) is 10.1. The molecule has 0 nitrogen and oxygen atoms in total. The molecule has 7 aromatic carbocycles. The Morgan fingerprint density at radius 2 is 0.590 bits per heavy atom. The normalized spacial score (nSPS) is 11.5. The summed E-state index contributed by atoms with van der Waals surface area (Å²) >= 11 is 0. The summed E-state index contributed by atoms with van der Waals surface area (Å²) < 4.78 is 0. The van der Waals surface area contributed by atoms with Gasteiger partial charge in [-0.15, -0.1) is 0 Å². The smallest absolute Gasteiger partial charge is 0.00135 e. The molecule has 0 aliphatic heterocycles. The molecule has 0 fully saturated rings. The fourth-order valence-electron chi connectivity index (χ4n) is 6.04. The van der Waals surface area contributed by atoms with Crippen LogP contribution < -0.4 is 0 Å². The zero-order chi connectivity index (χ0) is 26.0. The third-order valence-corrected chi connectivity index (χ3v) is 7.76. The Labute approximate surface area is 229 Å². The van der Waals surface area contributed by atoms with Crippen LogP contribution in [0.1, 0.15) is 11.1 Å². The van der Waals surface area contributed by atoms with Crippen molar-refractivity contribution in [3.63, 3.8) is 0 Å². The van der Waals surface area contributed by atoms with Crippen LogP contribution in [0.4, 0.5) is 0 Å². The largest absolute Gasteiger partial charge is 0.0622 e. The second-order valence-electron chi connectivity index (χ2n) is 10.1. The van der Waals surface area contributed by atoms with Crippen LogP contribution in [0, 0.1) is 0 Å². The lowest BCUT2D eigenvalue weighted by Crippen LogP contribution is -1.90. The Balaban J connectivity index is 0.000000162. The Bertz CT molecular complexity index is 1720. The van der Waals surface area contributed by atoms with Crippen LogP contribution in [0.25, 0.3) is 54.9 Å². The molecule has 184 valence electrons. The van der Waals surface area contributed by atoms with Crippen molar-refractivity contribution in [2.24, 2.45) is 0 Å². The van der Waals surface area contributed by atoms with Crippen LogP contribution in [0.5, 0.6) is 0 Å². The van der Waals surface area contributed by atoms with Gasteiger partial charge in [0.2, 0.25) is 0 Å². The van der Waals surface area contributed by atoms with Gasteiger partial charge < -0.3 is 0 Å². The third-order valence-electron chi connectivity index (χ3n) is 7.76. The standard InChI is InChI=1S/C26H18.C13H10/c1-3-11-19(12-4-1)25-21-15-7-9-17-23(21)26(20-13-5-2-6-14-20)24-18-10-8-16-22(24)25;1-3-7-12-10(5-1)9-11-6-2-4-8-13(11)12/h1-18H;1-8H,9H2. The molecule has 0 unspecified atom stereocenters. The van der Waals surface area contributed by atoms with Gasteiger partial charge in [0.25, 0.3) is 0 Å². The van der Waals surface area contributed by atoms with Crippen molar-refractivity contribution in [1.82, 2.24) is 0 Å². The number of fused-ring (bicyclic) bond motifs is 5. The summed E-state index contributed by atoms with van der Waals surface area (Å²) in [5.74, 6) is 0. The molecule has 1 aliphatic carbocycles. The molecule has 0 bridgehead atoms. The Hall–Kier alpha value is -4.94. The Morgan fingerprint density at radius 3 is 0.974 bits per heavy atom. The van der Waals surface area contributed by atoms with E-state index in [0.717, 1.165) is 6.42 Å². The van der Waals surface area contributed by atoms with Gasteiger partial charge in [-0.2, -0.15) is 0 Å². The number of rotatable bonds is 2. The highest BCUT2D eigenvalue weighted by atomic mass is 14.2. The first-order chi connectivity index (χ1) is 19.4. The van der Waals surface area contributed by atoms with E-state index >= 15 is 0 Å². The maximum absolute atomic E-state index is 2.25. The van der Waals surface area contributed by atoms with Crippen LogP contribution >= 0.6 is 0 Å². The van der Waals surface area contributed by atoms with Crippen molar-refractivity contribution in [3.05, 3.63) is 169 Å². The molecular formula is C39H28. The molecule has 0 spiro atoms. The zero-order valence-corrected chi connectivity index (χ0v) is 21.7. The zero-order valence-electron chi connectivity index (χ0n) is 21.7. The molecule has 1 aliphatic rings. The van der Waals surface area contributed by atoms with Gasteiger partial charge in [0, 0.05) is 0 Å². The molecule has 0 radical (unpaired) electrons. The summed E-state index contributed by atoms with van der Waals surface area (Å²) in [7, 11) is 0. The highest BCUT2D eigenvalue weighted by Crippen LogP contribution is 2.43.